The average Bonchev–Trinajstić information content (AvgIpc) is 3.06. The van der Waals surface area contributed by atoms with Gasteiger partial charge in [-0.1, -0.05) is 5.16 Å². The first-order valence-electron chi connectivity index (χ1n) is 8.56. The molecule has 2 amide bonds. The van der Waals surface area contributed by atoms with Gasteiger partial charge in [-0.2, -0.15) is 0 Å². The third kappa shape index (κ3) is 3.25. The number of aromatic nitrogens is 1. The van der Waals surface area contributed by atoms with E-state index >= 15 is 0 Å². The lowest BCUT2D eigenvalue weighted by Gasteiger charge is -2.41. The molecule has 0 saturated carbocycles. The van der Waals surface area contributed by atoms with E-state index in [1.807, 2.05) is 13.8 Å². The number of carboxylic acid groups (broad SMARTS) is 1. The molecule has 2 saturated heterocycles. The van der Waals surface area contributed by atoms with Crippen LogP contribution in [0.5, 0.6) is 0 Å². The van der Waals surface area contributed by atoms with Gasteiger partial charge in [0, 0.05) is 31.5 Å². The summed E-state index contributed by atoms with van der Waals surface area (Å²) in [6.07, 6.45) is 1.93. The number of nitrogens with one attached hydrogen (secondary N) is 1. The Morgan fingerprint density at radius 1 is 1.36 bits per heavy atom. The van der Waals surface area contributed by atoms with E-state index in [1.54, 1.807) is 4.90 Å². The molecule has 8 nitrogen and oxygen atoms in total. The fraction of sp³-hybridized carbons (Fsp3) is 0.647. The lowest BCUT2D eigenvalue weighted by Crippen LogP contribution is -2.56. The van der Waals surface area contributed by atoms with Crippen LogP contribution in [0.3, 0.4) is 0 Å². The topological polar surface area (TPSA) is 113 Å². The SMILES string of the molecule is Cc1noc(C)c1CCC(=O)N1CCC2(CC1)NC(=O)CC2C(=O)O. The van der Waals surface area contributed by atoms with Crippen molar-refractivity contribution in [3.63, 3.8) is 0 Å². The number of aryl methyl sites for hydroxylation is 2. The largest absolute Gasteiger partial charge is 0.481 e. The van der Waals surface area contributed by atoms with Crippen molar-refractivity contribution < 1.29 is 24.0 Å². The maximum absolute atomic E-state index is 12.5. The van der Waals surface area contributed by atoms with Crippen LogP contribution in [0.25, 0.3) is 0 Å². The number of amides is 2. The van der Waals surface area contributed by atoms with Crippen LogP contribution in [0.4, 0.5) is 0 Å². The van der Waals surface area contributed by atoms with Gasteiger partial charge < -0.3 is 19.8 Å². The second kappa shape index (κ2) is 6.50. The monoisotopic (exact) mass is 349 g/mol. The van der Waals surface area contributed by atoms with E-state index < -0.39 is 17.4 Å². The maximum atomic E-state index is 12.5. The predicted octanol–water partition coefficient (Wildman–Crippen LogP) is 0.806. The number of carboxylic acids is 1. The first-order valence-corrected chi connectivity index (χ1v) is 8.56. The van der Waals surface area contributed by atoms with Crippen molar-refractivity contribution in [1.82, 2.24) is 15.4 Å². The molecule has 25 heavy (non-hydrogen) atoms. The Labute approximate surface area is 145 Å². The number of carbonyl (C=O) groups is 3. The summed E-state index contributed by atoms with van der Waals surface area (Å²) in [5.74, 6) is -1.10. The highest BCUT2D eigenvalue weighted by Crippen LogP contribution is 2.37. The molecule has 136 valence electrons. The van der Waals surface area contributed by atoms with Gasteiger partial charge >= 0.3 is 5.97 Å². The third-order valence-corrected chi connectivity index (χ3v) is 5.52. The van der Waals surface area contributed by atoms with Crippen molar-refractivity contribution in [2.24, 2.45) is 5.92 Å². The van der Waals surface area contributed by atoms with Gasteiger partial charge in [-0.15, -0.1) is 0 Å². The molecule has 3 heterocycles. The van der Waals surface area contributed by atoms with Gasteiger partial charge in [-0.25, -0.2) is 0 Å². The van der Waals surface area contributed by atoms with Crippen molar-refractivity contribution in [1.29, 1.82) is 0 Å². The highest BCUT2D eigenvalue weighted by atomic mass is 16.5. The normalized spacial score (nSPS) is 22.2. The van der Waals surface area contributed by atoms with Gasteiger partial charge in [0.25, 0.3) is 0 Å². The van der Waals surface area contributed by atoms with Crippen LogP contribution in [0, 0.1) is 19.8 Å². The van der Waals surface area contributed by atoms with Crippen LogP contribution in [0.2, 0.25) is 0 Å². The number of rotatable bonds is 4. The fourth-order valence-electron chi connectivity index (χ4n) is 4.00. The van der Waals surface area contributed by atoms with Gasteiger partial charge in [-0.05, 0) is 33.1 Å². The zero-order valence-electron chi connectivity index (χ0n) is 14.5. The van der Waals surface area contributed by atoms with Crippen molar-refractivity contribution >= 4 is 17.8 Å². The molecular weight excluding hydrogens is 326 g/mol. The molecule has 8 heteroatoms. The summed E-state index contributed by atoms with van der Waals surface area (Å²) in [7, 11) is 0. The highest BCUT2D eigenvalue weighted by Gasteiger charge is 2.51. The van der Waals surface area contributed by atoms with Gasteiger partial charge in [0.15, 0.2) is 0 Å². The lowest BCUT2D eigenvalue weighted by atomic mass is 9.77. The molecule has 2 aliphatic heterocycles. The number of nitrogens with zero attached hydrogens (tertiary/aromatic N) is 2. The van der Waals surface area contributed by atoms with Crippen LogP contribution < -0.4 is 5.32 Å². The molecule has 1 atom stereocenters. The highest BCUT2D eigenvalue weighted by molar-refractivity contribution is 5.88. The molecule has 1 unspecified atom stereocenters. The van der Waals surface area contributed by atoms with E-state index in [-0.39, 0.29) is 18.2 Å². The molecule has 1 aromatic heterocycles. The zero-order chi connectivity index (χ0) is 18.2. The van der Waals surface area contributed by atoms with Gasteiger partial charge in [0.2, 0.25) is 11.8 Å². The second-order valence-corrected chi connectivity index (χ2v) is 6.98. The first-order chi connectivity index (χ1) is 11.8. The first kappa shape index (κ1) is 17.4. The molecule has 0 aromatic carbocycles. The molecule has 3 rings (SSSR count). The van der Waals surface area contributed by atoms with Crippen LogP contribution in [-0.4, -0.2) is 51.6 Å². The van der Waals surface area contributed by atoms with Crippen LogP contribution in [-0.2, 0) is 20.8 Å². The third-order valence-electron chi connectivity index (χ3n) is 5.52. The van der Waals surface area contributed by atoms with E-state index in [2.05, 4.69) is 10.5 Å². The standard InChI is InChI=1S/C17H23N3O5/c1-10-12(11(2)25-19-10)3-4-15(22)20-7-5-17(6-8-20)13(16(23)24)9-14(21)18-17/h13H,3-9H2,1-2H3,(H,18,21)(H,23,24). The van der Waals surface area contributed by atoms with Gasteiger partial charge in [0.1, 0.15) is 5.76 Å². The Bertz CT molecular complexity index is 684. The molecular formula is C17H23N3O5. The van der Waals surface area contributed by atoms with Crippen LogP contribution in [0.1, 0.15) is 42.7 Å². The van der Waals surface area contributed by atoms with Crippen molar-refractivity contribution in [3.05, 3.63) is 17.0 Å². The minimum atomic E-state index is -0.948. The van der Waals surface area contributed by atoms with Gasteiger partial charge in [-0.3, -0.25) is 14.4 Å². The van der Waals surface area contributed by atoms with Gasteiger partial charge in [0.05, 0.1) is 17.2 Å². The minimum Gasteiger partial charge on any atom is -0.481 e. The van der Waals surface area contributed by atoms with Crippen LogP contribution in [0.15, 0.2) is 4.52 Å². The maximum Gasteiger partial charge on any atom is 0.309 e. The quantitative estimate of drug-likeness (QED) is 0.831. The zero-order valence-corrected chi connectivity index (χ0v) is 14.5. The van der Waals surface area contributed by atoms with E-state index in [9.17, 15) is 19.5 Å². The summed E-state index contributed by atoms with van der Waals surface area (Å²) in [4.78, 5) is 37.3. The number of carbonyl (C=O) groups excluding carboxylic acids is 2. The molecule has 1 aromatic rings. The molecule has 1 spiro atoms. The Morgan fingerprint density at radius 3 is 2.60 bits per heavy atom. The Morgan fingerprint density at radius 2 is 2.04 bits per heavy atom. The second-order valence-electron chi connectivity index (χ2n) is 6.98. The number of likely N-dealkylation sites (tertiary alicyclic amines) is 1. The van der Waals surface area contributed by atoms with E-state index in [1.165, 1.54) is 0 Å². The molecule has 0 bridgehead atoms. The predicted molar refractivity (Wildman–Crippen MR) is 86.7 cm³/mol. The molecule has 2 aliphatic rings. The lowest BCUT2D eigenvalue weighted by molar-refractivity contribution is -0.145. The van der Waals surface area contributed by atoms with E-state index in [4.69, 9.17) is 4.52 Å². The van der Waals surface area contributed by atoms with E-state index in [0.717, 1.165) is 17.0 Å². The summed E-state index contributed by atoms with van der Waals surface area (Å²) < 4.78 is 5.11. The number of aliphatic carboxylic acids is 1. The minimum absolute atomic E-state index is 0.0231. The Hall–Kier alpha value is -2.38. The average molecular weight is 349 g/mol. The van der Waals surface area contributed by atoms with Crippen molar-refractivity contribution in [3.8, 4) is 0 Å². The summed E-state index contributed by atoms with van der Waals surface area (Å²) >= 11 is 0. The summed E-state index contributed by atoms with van der Waals surface area (Å²) in [5, 5.41) is 16.1. The fourth-order valence-corrected chi connectivity index (χ4v) is 4.00. The van der Waals surface area contributed by atoms with E-state index in [0.29, 0.717) is 38.8 Å². The molecule has 0 radical (unpaired) electrons. The molecule has 2 N–H and O–H groups in total. The van der Waals surface area contributed by atoms with Crippen LogP contribution >= 0.6 is 0 Å². The number of hydrogen-bond donors (Lipinski definition) is 2. The van der Waals surface area contributed by atoms with Crippen molar-refractivity contribution in [2.45, 2.75) is 51.5 Å². The Kier molecular flexibility index (Phi) is 4.53. The van der Waals surface area contributed by atoms with Crippen molar-refractivity contribution in [2.75, 3.05) is 13.1 Å². The molecule has 2 fully saturated rings. The summed E-state index contributed by atoms with van der Waals surface area (Å²) in [6.45, 7) is 4.62. The number of piperidine rings is 1. The molecule has 0 aliphatic carbocycles. The Balaban J connectivity index is 1.58. The number of hydrogen-bond acceptors (Lipinski definition) is 5. The summed E-state index contributed by atoms with van der Waals surface area (Å²) in [6, 6.07) is 0. The summed E-state index contributed by atoms with van der Waals surface area (Å²) in [5.41, 5.74) is 1.07. The smallest absolute Gasteiger partial charge is 0.309 e.